The van der Waals surface area contributed by atoms with Gasteiger partial charge in [0, 0.05) is 44.2 Å². The maximum Gasteiger partial charge on any atom is 0.158 e. The van der Waals surface area contributed by atoms with Gasteiger partial charge in [-0.05, 0) is 25.2 Å². The van der Waals surface area contributed by atoms with Crippen LogP contribution in [0.25, 0.3) is 10.9 Å². The molecular weight excluding hydrogens is 240 g/mol. The van der Waals surface area contributed by atoms with Gasteiger partial charge in [0.25, 0.3) is 0 Å². The molecule has 5 nitrogen and oxygen atoms in total. The molecule has 2 heterocycles. The van der Waals surface area contributed by atoms with Crippen LogP contribution in [0, 0.1) is 0 Å². The van der Waals surface area contributed by atoms with E-state index in [0.29, 0.717) is 5.56 Å². The number of likely N-dealkylation sites (N-methyl/N-ethyl adjacent to an activating group) is 1. The monoisotopic (exact) mass is 258 g/mol. The summed E-state index contributed by atoms with van der Waals surface area (Å²) in [6.07, 6.45) is 0.889. The third-order valence-corrected chi connectivity index (χ3v) is 3.79. The van der Waals surface area contributed by atoms with Crippen molar-refractivity contribution in [2.24, 2.45) is 7.05 Å². The second-order valence-corrected chi connectivity index (χ2v) is 5.13. The first kappa shape index (κ1) is 12.2. The van der Waals surface area contributed by atoms with E-state index in [9.17, 15) is 4.79 Å². The Labute approximate surface area is 112 Å². The van der Waals surface area contributed by atoms with Crippen LogP contribution in [0.5, 0.6) is 0 Å². The Balaban J connectivity index is 2.05. The van der Waals surface area contributed by atoms with Gasteiger partial charge in [-0.3, -0.25) is 9.48 Å². The summed E-state index contributed by atoms with van der Waals surface area (Å²) >= 11 is 0. The highest BCUT2D eigenvalue weighted by molar-refractivity contribution is 5.94. The van der Waals surface area contributed by atoms with Gasteiger partial charge in [-0.2, -0.15) is 5.10 Å². The fourth-order valence-corrected chi connectivity index (χ4v) is 2.59. The molecular formula is C14H18N4O. The number of benzene rings is 1. The van der Waals surface area contributed by atoms with E-state index < -0.39 is 0 Å². The Morgan fingerprint density at radius 1 is 1.16 bits per heavy atom. The molecule has 0 spiro atoms. The number of anilines is 1. The van der Waals surface area contributed by atoms with Crippen LogP contribution in [-0.2, 0) is 7.05 Å². The topological polar surface area (TPSA) is 41.4 Å². The first-order chi connectivity index (χ1) is 9.19. The van der Waals surface area contributed by atoms with Gasteiger partial charge in [0.2, 0.25) is 0 Å². The highest BCUT2D eigenvalue weighted by Crippen LogP contribution is 2.27. The van der Waals surface area contributed by atoms with Crippen molar-refractivity contribution in [3.63, 3.8) is 0 Å². The number of carbonyl (C=O) groups is 1. The van der Waals surface area contributed by atoms with Gasteiger partial charge in [-0.1, -0.05) is 0 Å². The van der Waals surface area contributed by atoms with Gasteiger partial charge in [0.1, 0.15) is 6.29 Å². The zero-order valence-corrected chi connectivity index (χ0v) is 11.3. The molecule has 0 unspecified atom stereocenters. The number of piperazine rings is 1. The van der Waals surface area contributed by atoms with Crippen molar-refractivity contribution in [3.05, 3.63) is 23.8 Å². The highest BCUT2D eigenvalue weighted by Gasteiger charge is 2.19. The molecule has 0 radical (unpaired) electrons. The molecule has 3 rings (SSSR count). The van der Waals surface area contributed by atoms with Gasteiger partial charge in [-0.15, -0.1) is 0 Å². The molecule has 1 saturated heterocycles. The maximum absolute atomic E-state index is 10.9. The summed E-state index contributed by atoms with van der Waals surface area (Å²) in [5.74, 6) is 0.995. The van der Waals surface area contributed by atoms with Gasteiger partial charge in [0.05, 0.1) is 5.52 Å². The Bertz CT molecular complexity index is 611. The number of nitrogens with zero attached hydrogens (tertiary/aromatic N) is 4. The average Bonchev–Trinajstić information content (AvgIpc) is 2.76. The zero-order chi connectivity index (χ0) is 13.4. The van der Waals surface area contributed by atoms with Crippen LogP contribution in [-0.4, -0.2) is 54.2 Å². The van der Waals surface area contributed by atoms with Crippen molar-refractivity contribution in [2.75, 3.05) is 38.1 Å². The van der Waals surface area contributed by atoms with Crippen molar-refractivity contribution in [1.82, 2.24) is 14.7 Å². The van der Waals surface area contributed by atoms with E-state index in [-0.39, 0.29) is 0 Å². The summed E-state index contributed by atoms with van der Waals surface area (Å²) in [7, 11) is 4.08. The Kier molecular flexibility index (Phi) is 2.98. The summed E-state index contributed by atoms with van der Waals surface area (Å²) in [6, 6.07) is 5.74. The zero-order valence-electron chi connectivity index (χ0n) is 11.3. The second-order valence-electron chi connectivity index (χ2n) is 5.13. The van der Waals surface area contributed by atoms with E-state index in [1.54, 1.807) is 0 Å². The number of hydrogen-bond donors (Lipinski definition) is 0. The second kappa shape index (κ2) is 4.66. The Morgan fingerprint density at radius 2 is 1.89 bits per heavy atom. The summed E-state index contributed by atoms with van der Waals surface area (Å²) in [5, 5.41) is 5.69. The standard InChI is InChI=1S/C14H18N4O/c1-16-5-7-18(8-6-16)14-12-9-11(10-19)3-4-13(12)17(2)15-14/h3-4,9-10H,5-8H2,1-2H3. The minimum absolute atomic E-state index is 0.705. The summed E-state index contributed by atoms with van der Waals surface area (Å²) in [6.45, 7) is 4.05. The lowest BCUT2D eigenvalue weighted by molar-refractivity contribution is 0.112. The van der Waals surface area contributed by atoms with Crippen LogP contribution >= 0.6 is 0 Å². The number of hydrogen-bond acceptors (Lipinski definition) is 4. The highest BCUT2D eigenvalue weighted by atomic mass is 16.1. The fraction of sp³-hybridized carbons (Fsp3) is 0.429. The molecule has 1 aliphatic rings. The molecule has 0 N–H and O–H groups in total. The number of carbonyl (C=O) groups excluding carboxylic acids is 1. The predicted octanol–water partition coefficient (Wildman–Crippen LogP) is 1.14. The molecule has 1 aromatic heterocycles. The van der Waals surface area contributed by atoms with Crippen molar-refractivity contribution >= 4 is 23.0 Å². The first-order valence-electron chi connectivity index (χ1n) is 6.54. The maximum atomic E-state index is 10.9. The van der Waals surface area contributed by atoms with Crippen molar-refractivity contribution in [3.8, 4) is 0 Å². The van der Waals surface area contributed by atoms with Crippen molar-refractivity contribution in [2.45, 2.75) is 0 Å². The third-order valence-electron chi connectivity index (χ3n) is 3.79. The molecule has 1 aromatic carbocycles. The van der Waals surface area contributed by atoms with Crippen LogP contribution in [0.3, 0.4) is 0 Å². The van der Waals surface area contributed by atoms with Crippen LogP contribution in [0.2, 0.25) is 0 Å². The summed E-state index contributed by atoms with van der Waals surface area (Å²) in [4.78, 5) is 15.6. The molecule has 0 aliphatic carbocycles. The van der Waals surface area contributed by atoms with Crippen molar-refractivity contribution < 1.29 is 4.79 Å². The van der Waals surface area contributed by atoms with E-state index in [2.05, 4.69) is 21.9 Å². The van der Waals surface area contributed by atoms with Crippen LogP contribution in [0.15, 0.2) is 18.2 Å². The predicted molar refractivity (Wildman–Crippen MR) is 75.8 cm³/mol. The lowest BCUT2D eigenvalue weighted by Gasteiger charge is -2.32. The van der Waals surface area contributed by atoms with Gasteiger partial charge in [0.15, 0.2) is 5.82 Å². The quantitative estimate of drug-likeness (QED) is 0.757. The molecule has 1 fully saturated rings. The molecule has 5 heteroatoms. The molecule has 2 aromatic rings. The number of aldehydes is 1. The molecule has 19 heavy (non-hydrogen) atoms. The third kappa shape index (κ3) is 2.10. The van der Waals surface area contributed by atoms with Crippen molar-refractivity contribution in [1.29, 1.82) is 0 Å². The molecule has 0 saturated carbocycles. The largest absolute Gasteiger partial charge is 0.352 e. The number of aromatic nitrogens is 2. The van der Waals surface area contributed by atoms with E-state index >= 15 is 0 Å². The van der Waals surface area contributed by atoms with Gasteiger partial charge in [-0.25, -0.2) is 0 Å². The van der Waals surface area contributed by atoms with Crippen LogP contribution < -0.4 is 4.90 Å². The number of aryl methyl sites for hydroxylation is 1. The molecule has 0 amide bonds. The normalized spacial score (nSPS) is 17.1. The molecule has 0 bridgehead atoms. The van der Waals surface area contributed by atoms with E-state index in [4.69, 9.17) is 0 Å². The fourth-order valence-electron chi connectivity index (χ4n) is 2.59. The van der Waals surface area contributed by atoms with E-state index in [1.807, 2.05) is 29.9 Å². The lowest BCUT2D eigenvalue weighted by atomic mass is 10.1. The first-order valence-corrected chi connectivity index (χ1v) is 6.54. The number of fused-ring (bicyclic) bond motifs is 1. The van der Waals surface area contributed by atoms with E-state index in [1.165, 1.54) is 0 Å². The van der Waals surface area contributed by atoms with E-state index in [0.717, 1.165) is 49.2 Å². The van der Waals surface area contributed by atoms with Crippen LogP contribution in [0.4, 0.5) is 5.82 Å². The Hall–Kier alpha value is -1.88. The average molecular weight is 258 g/mol. The molecule has 100 valence electrons. The van der Waals surface area contributed by atoms with Gasteiger partial charge >= 0.3 is 0 Å². The lowest BCUT2D eigenvalue weighted by Crippen LogP contribution is -2.44. The minimum Gasteiger partial charge on any atom is -0.352 e. The van der Waals surface area contributed by atoms with Gasteiger partial charge < -0.3 is 9.80 Å². The minimum atomic E-state index is 0.705. The Morgan fingerprint density at radius 3 is 2.58 bits per heavy atom. The van der Waals surface area contributed by atoms with Crippen LogP contribution in [0.1, 0.15) is 10.4 Å². The summed E-state index contributed by atoms with van der Waals surface area (Å²) < 4.78 is 1.89. The summed E-state index contributed by atoms with van der Waals surface area (Å²) in [5.41, 5.74) is 1.77. The smallest absolute Gasteiger partial charge is 0.158 e. The SMILES string of the molecule is CN1CCN(c2nn(C)c3ccc(C=O)cc23)CC1. The number of rotatable bonds is 2. The molecule has 1 aliphatic heterocycles. The molecule has 0 atom stereocenters.